The third-order valence-electron chi connectivity index (χ3n) is 2.70. The van der Waals surface area contributed by atoms with E-state index in [1.54, 1.807) is 20.3 Å². The van der Waals surface area contributed by atoms with E-state index in [-0.39, 0.29) is 0 Å². The van der Waals surface area contributed by atoms with Crippen molar-refractivity contribution in [1.29, 1.82) is 0 Å². The van der Waals surface area contributed by atoms with Gasteiger partial charge in [-0.3, -0.25) is 0 Å². The number of nitrogen functional groups attached to an aromatic ring is 1. The van der Waals surface area contributed by atoms with Crippen LogP contribution in [-0.2, 0) is 11.3 Å². The van der Waals surface area contributed by atoms with Gasteiger partial charge in [0.2, 0.25) is 0 Å². The first-order valence-corrected chi connectivity index (χ1v) is 5.91. The van der Waals surface area contributed by atoms with E-state index in [2.05, 4.69) is 9.97 Å². The summed E-state index contributed by atoms with van der Waals surface area (Å²) in [4.78, 5) is 8.58. The lowest BCUT2D eigenvalue weighted by Crippen LogP contribution is -2.03. The number of methoxy groups -OCH3 is 2. The molecule has 1 aromatic carbocycles. The predicted molar refractivity (Wildman–Crippen MR) is 73.9 cm³/mol. The molecule has 0 unspecified atom stereocenters. The molecule has 1 heterocycles. The van der Waals surface area contributed by atoms with Crippen molar-refractivity contribution in [1.82, 2.24) is 9.97 Å². The average Bonchev–Trinajstić information content (AvgIpc) is 2.38. The van der Waals surface area contributed by atoms with Gasteiger partial charge in [-0.05, 0) is 19.1 Å². The van der Waals surface area contributed by atoms with E-state index in [9.17, 15) is 0 Å². The fourth-order valence-corrected chi connectivity index (χ4v) is 1.87. The maximum absolute atomic E-state index is 5.81. The Bertz CT molecular complexity index is 585. The minimum absolute atomic E-state index is 0.326. The molecule has 0 aliphatic rings. The van der Waals surface area contributed by atoms with Gasteiger partial charge in [-0.25, -0.2) is 9.97 Å². The van der Waals surface area contributed by atoms with Crippen LogP contribution in [-0.4, -0.2) is 24.2 Å². The topological polar surface area (TPSA) is 70.3 Å². The summed E-state index contributed by atoms with van der Waals surface area (Å²) in [6.45, 7) is 2.34. The van der Waals surface area contributed by atoms with Crippen LogP contribution in [0.25, 0.3) is 11.3 Å². The number of benzene rings is 1. The molecule has 2 N–H and O–H groups in total. The average molecular weight is 259 g/mol. The van der Waals surface area contributed by atoms with Gasteiger partial charge in [-0.15, -0.1) is 0 Å². The molecule has 0 saturated carbocycles. The number of hydrogen-bond donors (Lipinski definition) is 1. The van der Waals surface area contributed by atoms with E-state index in [1.807, 2.05) is 25.1 Å². The van der Waals surface area contributed by atoms with Crippen LogP contribution in [0.3, 0.4) is 0 Å². The zero-order chi connectivity index (χ0) is 13.8. The van der Waals surface area contributed by atoms with Crippen LogP contribution in [0, 0.1) is 6.92 Å². The van der Waals surface area contributed by atoms with E-state index in [4.69, 9.17) is 15.2 Å². The van der Waals surface area contributed by atoms with Crippen molar-refractivity contribution >= 4 is 5.82 Å². The largest absolute Gasteiger partial charge is 0.496 e. The van der Waals surface area contributed by atoms with Crippen molar-refractivity contribution in [2.45, 2.75) is 13.5 Å². The molecule has 0 spiro atoms. The molecule has 5 nitrogen and oxygen atoms in total. The quantitative estimate of drug-likeness (QED) is 0.911. The zero-order valence-corrected chi connectivity index (χ0v) is 11.3. The molecule has 5 heteroatoms. The van der Waals surface area contributed by atoms with Crippen molar-refractivity contribution in [3.05, 3.63) is 35.7 Å². The van der Waals surface area contributed by atoms with Gasteiger partial charge in [0, 0.05) is 18.7 Å². The van der Waals surface area contributed by atoms with Crippen LogP contribution < -0.4 is 10.5 Å². The highest BCUT2D eigenvalue weighted by Gasteiger charge is 2.10. The van der Waals surface area contributed by atoms with E-state index in [0.717, 1.165) is 22.6 Å². The molecule has 0 aliphatic carbocycles. The number of nitrogens with two attached hydrogens (primary N) is 1. The monoisotopic (exact) mass is 259 g/mol. The molecule has 0 radical (unpaired) electrons. The Hall–Kier alpha value is -2.14. The molecule has 0 saturated heterocycles. The second-order valence-electron chi connectivity index (χ2n) is 4.23. The van der Waals surface area contributed by atoms with Crippen LogP contribution in [0.1, 0.15) is 11.4 Å². The zero-order valence-electron chi connectivity index (χ0n) is 11.3. The smallest absolute Gasteiger partial charge is 0.157 e. The molecule has 0 amide bonds. The van der Waals surface area contributed by atoms with Gasteiger partial charge in [-0.2, -0.15) is 0 Å². The lowest BCUT2D eigenvalue weighted by Gasteiger charge is -2.10. The van der Waals surface area contributed by atoms with E-state index < -0.39 is 0 Å². The molecule has 100 valence electrons. The summed E-state index contributed by atoms with van der Waals surface area (Å²) < 4.78 is 10.4. The summed E-state index contributed by atoms with van der Waals surface area (Å²) in [5.41, 5.74) is 8.57. The summed E-state index contributed by atoms with van der Waals surface area (Å²) in [7, 11) is 3.23. The fraction of sp³-hybridized carbons (Fsp3) is 0.286. The third-order valence-corrected chi connectivity index (χ3v) is 2.70. The Balaban J connectivity index is 2.54. The lowest BCUT2D eigenvalue weighted by atomic mass is 10.1. The van der Waals surface area contributed by atoms with Gasteiger partial charge in [0.25, 0.3) is 0 Å². The SMILES string of the molecule is COCc1nc(N)cc(-c2cc(C)ccc2OC)n1. The first-order chi connectivity index (χ1) is 9.13. The van der Waals surface area contributed by atoms with Crippen LogP contribution in [0.2, 0.25) is 0 Å². The van der Waals surface area contributed by atoms with Crippen molar-refractivity contribution in [3.8, 4) is 17.0 Å². The maximum Gasteiger partial charge on any atom is 0.157 e. The number of rotatable bonds is 4. The number of anilines is 1. The van der Waals surface area contributed by atoms with Crippen molar-refractivity contribution in [3.63, 3.8) is 0 Å². The molecule has 19 heavy (non-hydrogen) atoms. The molecule has 0 fully saturated rings. The summed E-state index contributed by atoms with van der Waals surface area (Å²) in [6.07, 6.45) is 0. The Labute approximate surface area is 112 Å². The number of nitrogens with zero attached hydrogens (tertiary/aromatic N) is 2. The highest BCUT2D eigenvalue weighted by Crippen LogP contribution is 2.30. The fourth-order valence-electron chi connectivity index (χ4n) is 1.87. The first kappa shape index (κ1) is 13.3. The Morgan fingerprint density at radius 3 is 2.63 bits per heavy atom. The minimum atomic E-state index is 0.326. The van der Waals surface area contributed by atoms with Crippen LogP contribution in [0.4, 0.5) is 5.82 Å². The predicted octanol–water partition coefficient (Wildman–Crippen LogP) is 2.19. The number of aryl methyl sites for hydroxylation is 1. The summed E-state index contributed by atoms with van der Waals surface area (Å²) >= 11 is 0. The molecule has 0 bridgehead atoms. The third kappa shape index (κ3) is 3.00. The Morgan fingerprint density at radius 2 is 1.95 bits per heavy atom. The highest BCUT2D eigenvalue weighted by molar-refractivity contribution is 5.69. The molecule has 2 aromatic rings. The Morgan fingerprint density at radius 1 is 1.16 bits per heavy atom. The second-order valence-corrected chi connectivity index (χ2v) is 4.23. The van der Waals surface area contributed by atoms with Crippen LogP contribution >= 0.6 is 0 Å². The van der Waals surface area contributed by atoms with Gasteiger partial charge in [0.1, 0.15) is 18.2 Å². The highest BCUT2D eigenvalue weighted by atomic mass is 16.5. The van der Waals surface area contributed by atoms with E-state index >= 15 is 0 Å². The van der Waals surface area contributed by atoms with Crippen LogP contribution in [0.5, 0.6) is 5.75 Å². The standard InChI is InChI=1S/C14H17N3O2/c1-9-4-5-12(19-3)10(6-9)11-7-13(15)17-14(16-11)8-18-2/h4-7H,8H2,1-3H3,(H2,15,16,17). The second kappa shape index (κ2) is 5.67. The number of hydrogen-bond acceptors (Lipinski definition) is 5. The van der Waals surface area contributed by atoms with E-state index in [1.165, 1.54) is 0 Å². The molecule has 0 atom stereocenters. The molecular formula is C14H17N3O2. The van der Waals surface area contributed by atoms with Gasteiger partial charge in [-0.1, -0.05) is 11.6 Å². The normalized spacial score (nSPS) is 10.5. The summed E-state index contributed by atoms with van der Waals surface area (Å²) in [5, 5.41) is 0. The van der Waals surface area contributed by atoms with Gasteiger partial charge < -0.3 is 15.2 Å². The van der Waals surface area contributed by atoms with Crippen molar-refractivity contribution < 1.29 is 9.47 Å². The van der Waals surface area contributed by atoms with Gasteiger partial charge >= 0.3 is 0 Å². The van der Waals surface area contributed by atoms with Crippen molar-refractivity contribution in [2.75, 3.05) is 20.0 Å². The van der Waals surface area contributed by atoms with Gasteiger partial charge in [0.15, 0.2) is 5.82 Å². The first-order valence-electron chi connectivity index (χ1n) is 5.91. The Kier molecular flexibility index (Phi) is 3.97. The van der Waals surface area contributed by atoms with Gasteiger partial charge in [0.05, 0.1) is 12.8 Å². The van der Waals surface area contributed by atoms with Crippen molar-refractivity contribution in [2.24, 2.45) is 0 Å². The number of ether oxygens (including phenoxy) is 2. The summed E-state index contributed by atoms with van der Waals surface area (Å²) in [5.74, 6) is 1.73. The lowest BCUT2D eigenvalue weighted by molar-refractivity contribution is 0.178. The number of aromatic nitrogens is 2. The van der Waals surface area contributed by atoms with Crippen LogP contribution in [0.15, 0.2) is 24.3 Å². The molecule has 0 aliphatic heterocycles. The minimum Gasteiger partial charge on any atom is -0.496 e. The molecular weight excluding hydrogens is 242 g/mol. The molecule has 2 rings (SSSR count). The summed E-state index contributed by atoms with van der Waals surface area (Å²) in [6, 6.07) is 7.65. The molecule has 1 aromatic heterocycles. The maximum atomic E-state index is 5.81. The van der Waals surface area contributed by atoms with E-state index in [0.29, 0.717) is 18.2 Å².